The van der Waals surface area contributed by atoms with E-state index in [0.717, 1.165) is 35.4 Å². The van der Waals surface area contributed by atoms with Gasteiger partial charge in [-0.3, -0.25) is 4.79 Å². The van der Waals surface area contributed by atoms with Gasteiger partial charge in [0, 0.05) is 11.6 Å². The number of hydrogen-bond donors (Lipinski definition) is 1. The van der Waals surface area contributed by atoms with Crippen molar-refractivity contribution in [3.63, 3.8) is 0 Å². The Labute approximate surface area is 116 Å². The molecule has 0 aliphatic heterocycles. The third kappa shape index (κ3) is 3.59. The van der Waals surface area contributed by atoms with Crippen molar-refractivity contribution in [3.8, 4) is 0 Å². The topological polar surface area (TPSA) is 29.1 Å². The van der Waals surface area contributed by atoms with Gasteiger partial charge in [0.1, 0.15) is 0 Å². The first-order valence-corrected chi connectivity index (χ1v) is 7.48. The van der Waals surface area contributed by atoms with Crippen molar-refractivity contribution in [3.05, 3.63) is 34.9 Å². The number of hydrogen-bond acceptors (Lipinski definition) is 1. The first-order chi connectivity index (χ1) is 9.10. The van der Waals surface area contributed by atoms with Crippen LogP contribution in [0.1, 0.15) is 60.5 Å². The molecule has 1 N–H and O–H groups in total. The van der Waals surface area contributed by atoms with Crippen LogP contribution >= 0.6 is 0 Å². The fourth-order valence-corrected chi connectivity index (χ4v) is 2.96. The second-order valence-electron chi connectivity index (χ2n) is 5.92. The Bertz CT molecular complexity index is 445. The number of carbonyl (C=O) groups is 1. The van der Waals surface area contributed by atoms with Crippen LogP contribution in [0.25, 0.3) is 0 Å². The molecule has 1 aromatic carbocycles. The fourth-order valence-electron chi connectivity index (χ4n) is 2.96. The molecule has 1 aliphatic carbocycles. The summed E-state index contributed by atoms with van der Waals surface area (Å²) in [6.45, 7) is 6.30. The van der Waals surface area contributed by atoms with Crippen LogP contribution in [-0.2, 0) is 0 Å². The zero-order chi connectivity index (χ0) is 13.8. The predicted molar refractivity (Wildman–Crippen MR) is 79.4 cm³/mol. The number of benzene rings is 1. The van der Waals surface area contributed by atoms with Crippen molar-refractivity contribution >= 4 is 5.91 Å². The highest BCUT2D eigenvalue weighted by molar-refractivity contribution is 5.96. The Hall–Kier alpha value is -1.31. The van der Waals surface area contributed by atoms with Gasteiger partial charge in [0.2, 0.25) is 0 Å². The number of nitrogens with one attached hydrogen (secondary N) is 1. The summed E-state index contributed by atoms with van der Waals surface area (Å²) in [6, 6.07) is 6.44. The molecule has 0 atom stereocenters. The summed E-state index contributed by atoms with van der Waals surface area (Å²) < 4.78 is 0. The highest BCUT2D eigenvalue weighted by Gasteiger charge is 2.22. The van der Waals surface area contributed by atoms with Crippen LogP contribution in [0, 0.1) is 19.8 Å². The number of aryl methyl sites for hydroxylation is 2. The van der Waals surface area contributed by atoms with Crippen LogP contribution in [0.3, 0.4) is 0 Å². The molecule has 0 saturated heterocycles. The van der Waals surface area contributed by atoms with E-state index in [2.05, 4.69) is 18.3 Å². The summed E-state index contributed by atoms with van der Waals surface area (Å²) in [6.07, 6.45) is 6.06. The Morgan fingerprint density at radius 1 is 1.21 bits per heavy atom. The minimum absolute atomic E-state index is 0.0983. The molecule has 2 nitrogen and oxygen atoms in total. The molecule has 1 aliphatic rings. The first-order valence-electron chi connectivity index (χ1n) is 7.48. The highest BCUT2D eigenvalue weighted by atomic mass is 16.1. The SMILES string of the molecule is CCC1CCC(NC(=O)c2cc(C)ccc2C)CC1. The molecular weight excluding hydrogens is 234 g/mol. The van der Waals surface area contributed by atoms with Crippen LogP contribution in [0.15, 0.2) is 18.2 Å². The first kappa shape index (κ1) is 14.1. The lowest BCUT2D eigenvalue weighted by atomic mass is 9.84. The molecule has 0 heterocycles. The van der Waals surface area contributed by atoms with Gasteiger partial charge in [0.05, 0.1) is 0 Å². The smallest absolute Gasteiger partial charge is 0.251 e. The maximum absolute atomic E-state index is 12.3. The van der Waals surface area contributed by atoms with E-state index >= 15 is 0 Å². The summed E-state index contributed by atoms with van der Waals surface area (Å²) in [7, 11) is 0. The van der Waals surface area contributed by atoms with E-state index in [1.54, 1.807) is 0 Å². The van der Waals surface area contributed by atoms with E-state index in [1.807, 2.05) is 26.0 Å². The van der Waals surface area contributed by atoms with Crippen LogP contribution in [0.2, 0.25) is 0 Å². The molecule has 1 saturated carbocycles. The molecule has 0 aromatic heterocycles. The lowest BCUT2D eigenvalue weighted by molar-refractivity contribution is 0.0921. The van der Waals surface area contributed by atoms with Crippen molar-refractivity contribution in [2.45, 2.75) is 58.9 Å². The lowest BCUT2D eigenvalue weighted by Gasteiger charge is -2.28. The van der Waals surface area contributed by atoms with Crippen LogP contribution in [-0.4, -0.2) is 11.9 Å². The molecule has 2 heteroatoms. The minimum atomic E-state index is 0.0983. The average molecular weight is 259 g/mol. The molecule has 1 amide bonds. The second-order valence-corrected chi connectivity index (χ2v) is 5.92. The standard InChI is InChI=1S/C17H25NO/c1-4-14-7-9-15(10-8-14)18-17(19)16-11-12(2)5-6-13(16)3/h5-6,11,14-15H,4,7-10H2,1-3H3,(H,18,19). The normalized spacial score (nSPS) is 23.1. The third-order valence-corrected chi connectivity index (χ3v) is 4.40. The lowest BCUT2D eigenvalue weighted by Crippen LogP contribution is -2.37. The zero-order valence-electron chi connectivity index (χ0n) is 12.3. The maximum Gasteiger partial charge on any atom is 0.251 e. The van der Waals surface area contributed by atoms with E-state index < -0.39 is 0 Å². The van der Waals surface area contributed by atoms with Gasteiger partial charge < -0.3 is 5.32 Å². The van der Waals surface area contributed by atoms with Crippen molar-refractivity contribution < 1.29 is 4.79 Å². The third-order valence-electron chi connectivity index (χ3n) is 4.40. The Morgan fingerprint density at radius 3 is 2.53 bits per heavy atom. The van der Waals surface area contributed by atoms with Crippen molar-refractivity contribution in [1.29, 1.82) is 0 Å². The highest BCUT2D eigenvalue weighted by Crippen LogP contribution is 2.26. The number of rotatable bonds is 3. The van der Waals surface area contributed by atoms with Crippen molar-refractivity contribution in [1.82, 2.24) is 5.32 Å². The largest absolute Gasteiger partial charge is 0.349 e. The predicted octanol–water partition coefficient (Wildman–Crippen LogP) is 4.00. The molecule has 1 fully saturated rings. The molecule has 0 spiro atoms. The zero-order valence-corrected chi connectivity index (χ0v) is 12.3. The molecule has 0 radical (unpaired) electrons. The quantitative estimate of drug-likeness (QED) is 0.873. The maximum atomic E-state index is 12.3. The fraction of sp³-hybridized carbons (Fsp3) is 0.588. The van der Waals surface area contributed by atoms with E-state index in [4.69, 9.17) is 0 Å². The van der Waals surface area contributed by atoms with E-state index in [0.29, 0.717) is 6.04 Å². The minimum Gasteiger partial charge on any atom is -0.349 e. The van der Waals surface area contributed by atoms with Crippen LogP contribution in [0.5, 0.6) is 0 Å². The van der Waals surface area contributed by atoms with Gasteiger partial charge in [0.25, 0.3) is 5.91 Å². The van der Waals surface area contributed by atoms with Gasteiger partial charge in [-0.25, -0.2) is 0 Å². The van der Waals surface area contributed by atoms with E-state index in [-0.39, 0.29) is 5.91 Å². The van der Waals surface area contributed by atoms with E-state index in [1.165, 1.54) is 19.3 Å². The summed E-state index contributed by atoms with van der Waals surface area (Å²) in [5.41, 5.74) is 3.04. The van der Waals surface area contributed by atoms with Gasteiger partial charge in [-0.15, -0.1) is 0 Å². The van der Waals surface area contributed by atoms with Gasteiger partial charge >= 0.3 is 0 Å². The number of carbonyl (C=O) groups excluding carboxylic acids is 1. The Balaban J connectivity index is 1.96. The average Bonchev–Trinajstić information content (AvgIpc) is 2.42. The van der Waals surface area contributed by atoms with Crippen molar-refractivity contribution in [2.75, 3.05) is 0 Å². The van der Waals surface area contributed by atoms with E-state index in [9.17, 15) is 4.79 Å². The van der Waals surface area contributed by atoms with Gasteiger partial charge in [-0.05, 0) is 57.1 Å². The van der Waals surface area contributed by atoms with Crippen LogP contribution < -0.4 is 5.32 Å². The molecule has 19 heavy (non-hydrogen) atoms. The molecule has 0 bridgehead atoms. The number of amides is 1. The molecule has 0 unspecified atom stereocenters. The van der Waals surface area contributed by atoms with Gasteiger partial charge in [0.15, 0.2) is 0 Å². The van der Waals surface area contributed by atoms with Crippen LogP contribution in [0.4, 0.5) is 0 Å². The summed E-state index contributed by atoms with van der Waals surface area (Å²) >= 11 is 0. The molecule has 1 aromatic rings. The monoisotopic (exact) mass is 259 g/mol. The van der Waals surface area contributed by atoms with Gasteiger partial charge in [-0.1, -0.05) is 31.0 Å². The molecule has 104 valence electrons. The second kappa shape index (κ2) is 6.23. The molecular formula is C17H25NO. The summed E-state index contributed by atoms with van der Waals surface area (Å²) in [4.78, 5) is 12.3. The van der Waals surface area contributed by atoms with Gasteiger partial charge in [-0.2, -0.15) is 0 Å². The summed E-state index contributed by atoms with van der Waals surface area (Å²) in [5, 5.41) is 3.21. The summed E-state index contributed by atoms with van der Waals surface area (Å²) in [5.74, 6) is 0.968. The molecule has 2 rings (SSSR count). The Morgan fingerprint density at radius 2 is 1.89 bits per heavy atom. The Kier molecular flexibility index (Phi) is 4.62. The van der Waals surface area contributed by atoms with Crippen molar-refractivity contribution in [2.24, 2.45) is 5.92 Å².